The van der Waals surface area contributed by atoms with Crippen molar-refractivity contribution in [3.8, 4) is 5.95 Å². The van der Waals surface area contributed by atoms with E-state index in [9.17, 15) is 8.78 Å². The molecule has 0 bridgehead atoms. The summed E-state index contributed by atoms with van der Waals surface area (Å²) in [5.41, 5.74) is 1.07. The van der Waals surface area contributed by atoms with E-state index in [0.717, 1.165) is 25.7 Å². The SMILES string of the molecule is FC(F)c1nc2ccccc2n1-c1nc(C2CCCCC2)nc(N2CCOCC2)n1. The van der Waals surface area contributed by atoms with Gasteiger partial charge in [0.15, 0.2) is 5.82 Å². The van der Waals surface area contributed by atoms with Crippen molar-refractivity contribution in [2.75, 3.05) is 31.2 Å². The van der Waals surface area contributed by atoms with Crippen LogP contribution >= 0.6 is 0 Å². The van der Waals surface area contributed by atoms with Gasteiger partial charge < -0.3 is 9.64 Å². The van der Waals surface area contributed by atoms with Gasteiger partial charge in [-0.1, -0.05) is 31.4 Å². The number of halogens is 2. The normalized spacial score (nSPS) is 18.4. The monoisotopic (exact) mass is 414 g/mol. The highest BCUT2D eigenvalue weighted by Crippen LogP contribution is 2.33. The zero-order chi connectivity index (χ0) is 20.5. The molecule has 158 valence electrons. The van der Waals surface area contributed by atoms with Gasteiger partial charge in [-0.15, -0.1) is 0 Å². The first-order valence-corrected chi connectivity index (χ1v) is 10.6. The van der Waals surface area contributed by atoms with Crippen LogP contribution in [0.5, 0.6) is 0 Å². The van der Waals surface area contributed by atoms with Crippen LogP contribution in [0.15, 0.2) is 24.3 Å². The summed E-state index contributed by atoms with van der Waals surface area (Å²) in [6.07, 6.45) is 2.77. The van der Waals surface area contributed by atoms with Crippen LogP contribution in [0.4, 0.5) is 14.7 Å². The Bertz CT molecular complexity index is 991. The quantitative estimate of drug-likeness (QED) is 0.642. The largest absolute Gasteiger partial charge is 0.378 e. The van der Waals surface area contributed by atoms with Crippen LogP contribution in [-0.2, 0) is 4.74 Å². The number of nitrogens with zero attached hydrogens (tertiary/aromatic N) is 6. The van der Waals surface area contributed by atoms with Gasteiger partial charge in [-0.3, -0.25) is 4.57 Å². The molecule has 0 N–H and O–H groups in total. The van der Waals surface area contributed by atoms with Crippen LogP contribution in [0.1, 0.15) is 56.1 Å². The van der Waals surface area contributed by atoms with Gasteiger partial charge in [-0.25, -0.2) is 13.8 Å². The molecule has 1 saturated carbocycles. The van der Waals surface area contributed by atoms with Crippen molar-refractivity contribution >= 4 is 17.0 Å². The van der Waals surface area contributed by atoms with E-state index < -0.39 is 6.43 Å². The lowest BCUT2D eigenvalue weighted by Crippen LogP contribution is -2.38. The van der Waals surface area contributed by atoms with Crippen molar-refractivity contribution in [3.05, 3.63) is 35.9 Å². The first-order chi connectivity index (χ1) is 14.7. The lowest BCUT2D eigenvalue weighted by atomic mass is 9.89. The van der Waals surface area contributed by atoms with Crippen molar-refractivity contribution in [1.82, 2.24) is 24.5 Å². The molecule has 0 radical (unpaired) electrons. The van der Waals surface area contributed by atoms with Crippen molar-refractivity contribution < 1.29 is 13.5 Å². The Kier molecular flexibility index (Phi) is 5.28. The highest BCUT2D eigenvalue weighted by molar-refractivity contribution is 5.77. The maximum absolute atomic E-state index is 13.9. The number of imidazole rings is 1. The predicted octanol–water partition coefficient (Wildman–Crippen LogP) is 4.03. The average Bonchev–Trinajstić information content (AvgIpc) is 3.20. The van der Waals surface area contributed by atoms with Gasteiger partial charge in [0.1, 0.15) is 5.82 Å². The summed E-state index contributed by atoms with van der Waals surface area (Å²) in [7, 11) is 0. The minimum atomic E-state index is -2.74. The van der Waals surface area contributed by atoms with Gasteiger partial charge in [0, 0.05) is 19.0 Å². The second kappa shape index (κ2) is 8.22. The fraction of sp³-hybridized carbons (Fsp3) is 0.524. The smallest absolute Gasteiger partial charge is 0.296 e. The number of hydrogen-bond acceptors (Lipinski definition) is 6. The highest BCUT2D eigenvalue weighted by Gasteiger charge is 2.26. The Morgan fingerprint density at radius 3 is 2.40 bits per heavy atom. The first-order valence-electron chi connectivity index (χ1n) is 10.6. The number of morpholine rings is 1. The molecule has 1 saturated heterocycles. The topological polar surface area (TPSA) is 69.0 Å². The van der Waals surface area contributed by atoms with Crippen LogP contribution in [0.3, 0.4) is 0 Å². The molecule has 2 aliphatic rings. The van der Waals surface area contributed by atoms with E-state index >= 15 is 0 Å². The number of alkyl halides is 2. The Labute approximate surface area is 173 Å². The van der Waals surface area contributed by atoms with E-state index in [1.54, 1.807) is 18.2 Å². The number of benzene rings is 1. The molecule has 30 heavy (non-hydrogen) atoms. The molecule has 1 aromatic carbocycles. The summed E-state index contributed by atoms with van der Waals surface area (Å²) in [4.78, 5) is 20.3. The number of ether oxygens (including phenoxy) is 1. The fourth-order valence-electron chi connectivity index (χ4n) is 4.32. The summed E-state index contributed by atoms with van der Waals surface area (Å²) in [5, 5.41) is 0. The zero-order valence-electron chi connectivity index (χ0n) is 16.7. The molecule has 0 atom stereocenters. The van der Waals surface area contributed by atoms with Crippen molar-refractivity contribution in [2.24, 2.45) is 0 Å². The number of hydrogen-bond donors (Lipinski definition) is 0. The van der Waals surface area contributed by atoms with E-state index in [-0.39, 0.29) is 17.7 Å². The molecule has 0 spiro atoms. The molecule has 2 fully saturated rings. The number of aromatic nitrogens is 5. The number of fused-ring (bicyclic) bond motifs is 1. The standard InChI is InChI=1S/C21H24F2N6O/c22-17(23)19-24-15-8-4-5-9-16(15)29(19)21-26-18(14-6-2-1-3-7-14)25-20(27-21)28-10-12-30-13-11-28/h4-5,8-9,14,17H,1-3,6-7,10-13H2. The predicted molar refractivity (Wildman–Crippen MR) is 108 cm³/mol. The van der Waals surface area contributed by atoms with Crippen LogP contribution in [0.2, 0.25) is 0 Å². The minimum Gasteiger partial charge on any atom is -0.378 e. The third-order valence-corrected chi connectivity index (χ3v) is 5.88. The minimum absolute atomic E-state index is 0.219. The summed E-state index contributed by atoms with van der Waals surface area (Å²) >= 11 is 0. The van der Waals surface area contributed by atoms with E-state index in [1.807, 2.05) is 11.0 Å². The number of rotatable bonds is 4. The Morgan fingerprint density at radius 2 is 1.63 bits per heavy atom. The molecule has 2 aromatic heterocycles. The molecule has 7 nitrogen and oxygen atoms in total. The summed E-state index contributed by atoms with van der Waals surface area (Å²) in [5.74, 6) is 1.33. The summed E-state index contributed by atoms with van der Waals surface area (Å²) in [6.45, 7) is 2.52. The second-order valence-corrected chi connectivity index (χ2v) is 7.82. The molecular weight excluding hydrogens is 390 g/mol. The molecule has 0 amide bonds. The Hall–Kier alpha value is -2.68. The molecule has 0 unspecified atom stereocenters. The summed E-state index contributed by atoms with van der Waals surface area (Å²) < 4.78 is 34.6. The molecular formula is C21H24F2N6O. The van der Waals surface area contributed by atoms with Crippen molar-refractivity contribution in [2.45, 2.75) is 44.4 Å². The zero-order valence-corrected chi connectivity index (χ0v) is 16.7. The Morgan fingerprint density at radius 1 is 0.900 bits per heavy atom. The van der Waals surface area contributed by atoms with E-state index in [2.05, 4.69) is 9.97 Å². The molecule has 5 rings (SSSR count). The van der Waals surface area contributed by atoms with Gasteiger partial charge in [0.2, 0.25) is 11.9 Å². The first kappa shape index (κ1) is 19.3. The van der Waals surface area contributed by atoms with Gasteiger partial charge in [-0.2, -0.15) is 15.0 Å². The van der Waals surface area contributed by atoms with Gasteiger partial charge >= 0.3 is 0 Å². The maximum atomic E-state index is 13.9. The maximum Gasteiger partial charge on any atom is 0.296 e. The van der Waals surface area contributed by atoms with Gasteiger partial charge in [-0.05, 0) is 25.0 Å². The van der Waals surface area contributed by atoms with E-state index in [4.69, 9.17) is 14.7 Å². The van der Waals surface area contributed by atoms with Crippen molar-refractivity contribution in [3.63, 3.8) is 0 Å². The van der Waals surface area contributed by atoms with Gasteiger partial charge in [0.25, 0.3) is 6.43 Å². The van der Waals surface area contributed by atoms with Crippen LogP contribution < -0.4 is 4.90 Å². The molecule has 3 heterocycles. The number of anilines is 1. The lowest BCUT2D eigenvalue weighted by Gasteiger charge is -2.28. The molecule has 9 heteroatoms. The molecule has 3 aromatic rings. The molecule has 1 aliphatic carbocycles. The molecule has 1 aliphatic heterocycles. The Balaban J connectivity index is 1.67. The lowest BCUT2D eigenvalue weighted by molar-refractivity contribution is 0.122. The van der Waals surface area contributed by atoms with Crippen LogP contribution in [0, 0.1) is 0 Å². The fourth-order valence-corrected chi connectivity index (χ4v) is 4.32. The number of para-hydroxylation sites is 2. The highest BCUT2D eigenvalue weighted by atomic mass is 19.3. The van der Waals surface area contributed by atoms with Crippen LogP contribution in [-0.4, -0.2) is 50.8 Å². The summed E-state index contributed by atoms with van der Waals surface area (Å²) in [6, 6.07) is 7.09. The van der Waals surface area contributed by atoms with Crippen molar-refractivity contribution in [1.29, 1.82) is 0 Å². The average molecular weight is 414 g/mol. The second-order valence-electron chi connectivity index (χ2n) is 7.82. The third-order valence-electron chi connectivity index (χ3n) is 5.88. The van der Waals surface area contributed by atoms with Gasteiger partial charge in [0.05, 0.1) is 24.2 Å². The van der Waals surface area contributed by atoms with E-state index in [1.165, 1.54) is 11.0 Å². The van der Waals surface area contributed by atoms with E-state index in [0.29, 0.717) is 49.1 Å². The van der Waals surface area contributed by atoms with Crippen LogP contribution in [0.25, 0.3) is 17.0 Å². The third kappa shape index (κ3) is 3.62.